The Labute approximate surface area is 262 Å². The number of alkyl halides is 3. The van der Waals surface area contributed by atoms with Crippen LogP contribution in [-0.4, -0.2) is 50.3 Å². The molecule has 0 aliphatic rings. The van der Waals surface area contributed by atoms with Crippen LogP contribution in [-0.2, 0) is 32.2 Å². The number of halogens is 4. The highest BCUT2D eigenvalue weighted by Gasteiger charge is 2.37. The molecule has 0 aliphatic carbocycles. The predicted octanol–water partition coefficient (Wildman–Crippen LogP) is 6.63. The smallest absolute Gasteiger partial charge is 0.352 e. The molecule has 3 rings (SSSR count). The summed E-state index contributed by atoms with van der Waals surface area (Å²) in [7, 11) is -4.54. The van der Waals surface area contributed by atoms with Crippen molar-refractivity contribution < 1.29 is 31.2 Å². The Bertz CT molecular complexity index is 1530. The van der Waals surface area contributed by atoms with E-state index < -0.39 is 56.9 Å². The maximum Gasteiger partial charge on any atom is 0.417 e. The van der Waals surface area contributed by atoms with E-state index in [1.54, 1.807) is 26.0 Å². The number of nitrogens with zero attached hydrogens (tertiary/aromatic N) is 2. The average Bonchev–Trinajstić information content (AvgIpc) is 2.98. The van der Waals surface area contributed by atoms with Crippen LogP contribution in [0.4, 0.5) is 18.9 Å². The van der Waals surface area contributed by atoms with Crippen molar-refractivity contribution in [3.8, 4) is 0 Å². The lowest BCUT2D eigenvalue weighted by atomic mass is 10.1. The summed E-state index contributed by atoms with van der Waals surface area (Å²) in [5, 5.41) is 2.27. The van der Waals surface area contributed by atoms with Gasteiger partial charge in [0.25, 0.3) is 10.0 Å². The van der Waals surface area contributed by atoms with Gasteiger partial charge in [-0.3, -0.25) is 13.9 Å². The summed E-state index contributed by atoms with van der Waals surface area (Å²) < 4.78 is 70.0. The number of amides is 2. The molecule has 44 heavy (non-hydrogen) atoms. The summed E-state index contributed by atoms with van der Waals surface area (Å²) in [5.74, 6) is -1.15. The van der Waals surface area contributed by atoms with Crippen molar-refractivity contribution in [2.75, 3.05) is 17.4 Å². The second-order valence-corrected chi connectivity index (χ2v) is 12.8. The molecule has 0 bridgehead atoms. The van der Waals surface area contributed by atoms with Gasteiger partial charge in [0, 0.05) is 12.6 Å². The van der Waals surface area contributed by atoms with E-state index in [-0.39, 0.29) is 23.9 Å². The fourth-order valence-electron chi connectivity index (χ4n) is 4.59. The Morgan fingerprint density at radius 3 is 2.16 bits per heavy atom. The van der Waals surface area contributed by atoms with Crippen molar-refractivity contribution in [1.82, 2.24) is 10.2 Å². The van der Waals surface area contributed by atoms with E-state index in [9.17, 15) is 31.2 Å². The van der Waals surface area contributed by atoms with Gasteiger partial charge >= 0.3 is 6.18 Å². The van der Waals surface area contributed by atoms with Crippen LogP contribution in [0.1, 0.15) is 50.3 Å². The molecular weight excluding hydrogens is 615 g/mol. The second-order valence-electron chi connectivity index (χ2n) is 10.6. The Hall–Kier alpha value is -3.57. The number of aryl methyl sites for hydroxylation is 1. The summed E-state index contributed by atoms with van der Waals surface area (Å²) in [5.41, 5.74) is 0.0195. The second kappa shape index (κ2) is 14.9. The summed E-state index contributed by atoms with van der Waals surface area (Å²) in [4.78, 5) is 28.5. The molecule has 2 atom stereocenters. The lowest BCUT2D eigenvalue weighted by Crippen LogP contribution is -2.54. The van der Waals surface area contributed by atoms with Gasteiger partial charge in [-0.25, -0.2) is 8.42 Å². The van der Waals surface area contributed by atoms with Crippen LogP contribution in [0.3, 0.4) is 0 Å². The summed E-state index contributed by atoms with van der Waals surface area (Å²) in [6, 6.07) is 16.6. The number of rotatable bonds is 13. The predicted molar refractivity (Wildman–Crippen MR) is 166 cm³/mol. The molecule has 0 aliphatic heterocycles. The van der Waals surface area contributed by atoms with Crippen LogP contribution >= 0.6 is 11.6 Å². The van der Waals surface area contributed by atoms with Crippen LogP contribution in [0.15, 0.2) is 77.7 Å². The first-order valence-electron chi connectivity index (χ1n) is 14.3. The third kappa shape index (κ3) is 8.75. The third-order valence-electron chi connectivity index (χ3n) is 7.30. The Morgan fingerprint density at radius 1 is 0.955 bits per heavy atom. The number of hydrogen-bond donors (Lipinski definition) is 1. The molecule has 3 aromatic rings. The van der Waals surface area contributed by atoms with Crippen LogP contribution in [0, 0.1) is 6.92 Å². The van der Waals surface area contributed by atoms with E-state index >= 15 is 0 Å². The first-order valence-corrected chi connectivity index (χ1v) is 16.1. The largest absolute Gasteiger partial charge is 0.417 e. The van der Waals surface area contributed by atoms with E-state index in [1.165, 1.54) is 17.0 Å². The molecule has 0 aromatic heterocycles. The third-order valence-corrected chi connectivity index (χ3v) is 9.42. The van der Waals surface area contributed by atoms with Crippen molar-refractivity contribution in [3.05, 3.63) is 94.5 Å². The highest BCUT2D eigenvalue weighted by atomic mass is 35.5. The van der Waals surface area contributed by atoms with Crippen molar-refractivity contribution in [2.45, 2.75) is 70.1 Å². The minimum atomic E-state index is -4.88. The van der Waals surface area contributed by atoms with Gasteiger partial charge in [-0.05, 0) is 69.0 Å². The van der Waals surface area contributed by atoms with E-state index in [0.717, 1.165) is 23.3 Å². The van der Waals surface area contributed by atoms with E-state index in [1.807, 2.05) is 44.2 Å². The molecule has 1 N–H and O–H groups in total. The molecule has 0 fully saturated rings. The topological polar surface area (TPSA) is 86.8 Å². The van der Waals surface area contributed by atoms with E-state index in [0.29, 0.717) is 23.2 Å². The van der Waals surface area contributed by atoms with Gasteiger partial charge in [0.1, 0.15) is 12.6 Å². The first-order chi connectivity index (χ1) is 20.7. The molecule has 0 spiro atoms. The zero-order valence-corrected chi connectivity index (χ0v) is 26.6. The van der Waals surface area contributed by atoms with Gasteiger partial charge in [0.2, 0.25) is 11.8 Å². The Balaban J connectivity index is 2.10. The molecule has 0 saturated carbocycles. The SMILES string of the molecule is CC[C@@H](C)NC(=O)[C@@H](CC)N(CCc1ccccc1)C(=O)CN(c1ccc(Cl)c(C(F)(F)F)c1)S(=O)(=O)c1ccc(C)cc1. The van der Waals surface area contributed by atoms with Gasteiger partial charge in [-0.1, -0.05) is 73.5 Å². The molecule has 12 heteroatoms. The Kier molecular flexibility index (Phi) is 11.9. The normalized spacial score (nSPS) is 13.2. The number of sulfonamides is 1. The number of carbonyl (C=O) groups is 2. The fraction of sp³-hybridized carbons (Fsp3) is 0.375. The quantitative estimate of drug-likeness (QED) is 0.225. The van der Waals surface area contributed by atoms with Crippen molar-refractivity contribution in [1.29, 1.82) is 0 Å². The molecule has 238 valence electrons. The highest BCUT2D eigenvalue weighted by molar-refractivity contribution is 7.92. The Morgan fingerprint density at radius 2 is 1.59 bits per heavy atom. The minimum absolute atomic E-state index is 0.0715. The molecular formula is C32H37ClF3N3O4S. The van der Waals surface area contributed by atoms with Crippen LogP contribution < -0.4 is 9.62 Å². The van der Waals surface area contributed by atoms with Gasteiger partial charge in [-0.2, -0.15) is 13.2 Å². The minimum Gasteiger partial charge on any atom is -0.352 e. The summed E-state index contributed by atoms with van der Waals surface area (Å²) >= 11 is 5.83. The van der Waals surface area contributed by atoms with Crippen molar-refractivity contribution in [3.63, 3.8) is 0 Å². The molecule has 0 heterocycles. The maximum absolute atomic E-state index is 14.1. The maximum atomic E-state index is 14.1. The number of carbonyl (C=O) groups excluding carboxylic acids is 2. The zero-order valence-electron chi connectivity index (χ0n) is 25.1. The number of anilines is 1. The van der Waals surface area contributed by atoms with Crippen LogP contribution in [0.25, 0.3) is 0 Å². The van der Waals surface area contributed by atoms with Gasteiger partial charge in [0.05, 0.1) is 21.2 Å². The van der Waals surface area contributed by atoms with E-state index in [2.05, 4.69) is 5.32 Å². The van der Waals surface area contributed by atoms with Crippen LogP contribution in [0.2, 0.25) is 5.02 Å². The standard InChI is InChI=1S/C32H37ClF3N3O4S/c1-5-23(4)37-31(41)29(6-2)38(19-18-24-10-8-7-9-11-24)30(40)21-39(44(42,43)26-15-12-22(3)13-16-26)25-14-17-28(33)27(20-25)32(34,35)36/h7-17,20,23,29H,5-6,18-19,21H2,1-4H3,(H,37,41)/t23-,29-/m1/s1. The highest BCUT2D eigenvalue weighted by Crippen LogP contribution is 2.38. The molecule has 2 amide bonds. The number of benzene rings is 3. The van der Waals surface area contributed by atoms with Crippen LogP contribution in [0.5, 0.6) is 0 Å². The molecule has 0 saturated heterocycles. The summed E-state index contributed by atoms with van der Waals surface area (Å²) in [6.07, 6.45) is -3.63. The van der Waals surface area contributed by atoms with E-state index in [4.69, 9.17) is 11.6 Å². The van der Waals surface area contributed by atoms with Crippen molar-refractivity contribution in [2.24, 2.45) is 0 Å². The fourth-order valence-corrected chi connectivity index (χ4v) is 6.22. The zero-order chi connectivity index (χ0) is 32.7. The number of nitrogens with one attached hydrogen (secondary N) is 1. The molecule has 0 radical (unpaired) electrons. The van der Waals surface area contributed by atoms with Gasteiger partial charge < -0.3 is 10.2 Å². The van der Waals surface area contributed by atoms with Gasteiger partial charge in [0.15, 0.2) is 0 Å². The van der Waals surface area contributed by atoms with Crippen molar-refractivity contribution >= 4 is 39.1 Å². The van der Waals surface area contributed by atoms with Gasteiger partial charge in [-0.15, -0.1) is 0 Å². The molecule has 7 nitrogen and oxygen atoms in total. The molecule has 0 unspecified atom stereocenters. The lowest BCUT2D eigenvalue weighted by molar-refractivity contribution is -0.139. The monoisotopic (exact) mass is 651 g/mol. The lowest BCUT2D eigenvalue weighted by Gasteiger charge is -2.34. The first kappa shape index (κ1) is 34.9. The average molecular weight is 652 g/mol. The summed E-state index contributed by atoms with van der Waals surface area (Å²) in [6.45, 7) is 6.44. The number of hydrogen-bond acceptors (Lipinski definition) is 4. The molecule has 3 aromatic carbocycles.